The number of hydrogen-bond acceptors (Lipinski definition) is 4. The van der Waals surface area contributed by atoms with E-state index in [-0.39, 0.29) is 17.2 Å². The van der Waals surface area contributed by atoms with Crippen molar-refractivity contribution in [3.63, 3.8) is 0 Å². The number of fused-ring (bicyclic) bond motifs is 1. The summed E-state index contributed by atoms with van der Waals surface area (Å²) in [7, 11) is 0. The van der Waals surface area contributed by atoms with Crippen LogP contribution in [0.5, 0.6) is 5.75 Å². The lowest BCUT2D eigenvalue weighted by atomic mass is 9.92. The van der Waals surface area contributed by atoms with Gasteiger partial charge in [-0.3, -0.25) is 9.59 Å². The van der Waals surface area contributed by atoms with Gasteiger partial charge in [-0.15, -0.1) is 0 Å². The molecule has 1 amide bonds. The molecule has 1 saturated carbocycles. The molecule has 0 spiro atoms. The minimum absolute atomic E-state index is 0.163. The van der Waals surface area contributed by atoms with Crippen molar-refractivity contribution in [3.8, 4) is 17.0 Å². The quantitative estimate of drug-likeness (QED) is 0.639. The Morgan fingerprint density at radius 1 is 1.12 bits per heavy atom. The largest absolute Gasteiger partial charge is 0.432 e. The zero-order valence-electron chi connectivity index (χ0n) is 17.6. The molecule has 0 radical (unpaired) electrons. The van der Waals surface area contributed by atoms with Crippen LogP contribution in [-0.2, 0) is 16.6 Å². The Kier molecular flexibility index (Phi) is 4.44. The third kappa shape index (κ3) is 3.45. The van der Waals surface area contributed by atoms with Gasteiger partial charge in [-0.2, -0.15) is 8.78 Å². The number of H-pyrrole nitrogens is 1. The van der Waals surface area contributed by atoms with Crippen LogP contribution in [0.1, 0.15) is 35.2 Å². The zero-order chi connectivity index (χ0) is 22.7. The van der Waals surface area contributed by atoms with Gasteiger partial charge in [0.25, 0.3) is 0 Å². The van der Waals surface area contributed by atoms with E-state index in [9.17, 15) is 18.4 Å². The van der Waals surface area contributed by atoms with Gasteiger partial charge >= 0.3 is 6.11 Å². The number of benzene rings is 1. The van der Waals surface area contributed by atoms with E-state index >= 15 is 0 Å². The number of pyridine rings is 2. The van der Waals surface area contributed by atoms with Crippen molar-refractivity contribution in [3.05, 3.63) is 75.2 Å². The number of aryl methyl sites for hydroxylation is 2. The maximum Gasteiger partial charge on any atom is 0.402 e. The van der Waals surface area contributed by atoms with E-state index < -0.39 is 17.9 Å². The Morgan fingerprint density at radius 3 is 2.62 bits per heavy atom. The van der Waals surface area contributed by atoms with Gasteiger partial charge in [0.1, 0.15) is 11.6 Å². The second-order valence-electron chi connectivity index (χ2n) is 8.50. The SMILES string of the molecule is Cc1ccc(NC(=O)C2(c3ccc4c(c3)CC(F)(F)O4)CC2)nc1-c1ccc(=O)[nH]c1C. The summed E-state index contributed by atoms with van der Waals surface area (Å²) in [5.74, 6) is 0.336. The second-order valence-corrected chi connectivity index (χ2v) is 8.50. The summed E-state index contributed by atoms with van der Waals surface area (Å²) >= 11 is 0. The number of hydrogen-bond donors (Lipinski definition) is 2. The average molecular weight is 437 g/mol. The molecular weight excluding hydrogens is 416 g/mol. The van der Waals surface area contributed by atoms with Crippen molar-refractivity contribution in [2.45, 2.75) is 44.6 Å². The molecule has 3 heterocycles. The highest BCUT2D eigenvalue weighted by atomic mass is 19.3. The third-order valence-electron chi connectivity index (χ3n) is 6.16. The first-order valence-electron chi connectivity index (χ1n) is 10.4. The van der Waals surface area contributed by atoms with E-state index in [1.165, 1.54) is 12.1 Å². The molecule has 0 unspecified atom stereocenters. The fourth-order valence-electron chi connectivity index (χ4n) is 4.25. The van der Waals surface area contributed by atoms with Crippen LogP contribution < -0.4 is 15.6 Å². The number of carbonyl (C=O) groups excluding carboxylic acids is 1. The molecule has 0 atom stereocenters. The number of anilines is 1. The van der Waals surface area contributed by atoms with Crippen LogP contribution in [0.4, 0.5) is 14.6 Å². The van der Waals surface area contributed by atoms with Gasteiger partial charge in [-0.25, -0.2) is 4.98 Å². The normalized spacial score (nSPS) is 17.4. The van der Waals surface area contributed by atoms with Crippen LogP contribution >= 0.6 is 0 Å². The fraction of sp³-hybridized carbons (Fsp3) is 0.292. The van der Waals surface area contributed by atoms with Crippen molar-refractivity contribution >= 4 is 11.7 Å². The van der Waals surface area contributed by atoms with Crippen molar-refractivity contribution in [1.29, 1.82) is 0 Å². The van der Waals surface area contributed by atoms with E-state index in [4.69, 9.17) is 0 Å². The predicted octanol–water partition coefficient (Wildman–Crippen LogP) is 4.25. The smallest absolute Gasteiger partial charge is 0.402 e. The first kappa shape index (κ1) is 20.4. The first-order chi connectivity index (χ1) is 15.2. The number of ether oxygens (including phenoxy) is 1. The minimum Gasteiger partial charge on any atom is -0.432 e. The number of nitrogens with zero attached hydrogens (tertiary/aromatic N) is 1. The Bertz CT molecular complexity index is 1310. The van der Waals surface area contributed by atoms with Crippen LogP contribution in [0.25, 0.3) is 11.3 Å². The molecule has 0 saturated heterocycles. The molecule has 3 aromatic rings. The van der Waals surface area contributed by atoms with E-state index in [0.717, 1.165) is 11.1 Å². The van der Waals surface area contributed by atoms with Crippen LogP contribution in [0.3, 0.4) is 0 Å². The van der Waals surface area contributed by atoms with Crippen molar-refractivity contribution < 1.29 is 18.3 Å². The molecule has 1 fully saturated rings. The summed E-state index contributed by atoms with van der Waals surface area (Å²) in [5, 5.41) is 2.89. The lowest BCUT2D eigenvalue weighted by Gasteiger charge is -2.17. The molecule has 2 aliphatic rings. The van der Waals surface area contributed by atoms with Gasteiger partial charge in [0.05, 0.1) is 17.5 Å². The Balaban J connectivity index is 1.42. The average Bonchev–Trinajstić information content (AvgIpc) is 3.47. The van der Waals surface area contributed by atoms with Gasteiger partial charge in [0, 0.05) is 22.9 Å². The molecule has 2 aromatic heterocycles. The molecule has 1 aromatic carbocycles. The number of aromatic nitrogens is 2. The highest BCUT2D eigenvalue weighted by molar-refractivity contribution is 6.01. The topological polar surface area (TPSA) is 84.1 Å². The summed E-state index contributed by atoms with van der Waals surface area (Å²) in [5.41, 5.74) is 3.20. The number of carbonyl (C=O) groups is 1. The predicted molar refractivity (Wildman–Crippen MR) is 115 cm³/mol. The number of alkyl halides is 2. The molecule has 1 aliphatic heterocycles. The molecule has 0 bridgehead atoms. The molecule has 5 rings (SSSR count). The number of rotatable bonds is 4. The third-order valence-corrected chi connectivity index (χ3v) is 6.16. The lowest BCUT2D eigenvalue weighted by Crippen LogP contribution is -2.28. The van der Waals surface area contributed by atoms with Gasteiger partial charge in [-0.1, -0.05) is 18.2 Å². The van der Waals surface area contributed by atoms with Crippen LogP contribution in [0.15, 0.2) is 47.3 Å². The summed E-state index contributed by atoms with van der Waals surface area (Å²) in [4.78, 5) is 32.1. The summed E-state index contributed by atoms with van der Waals surface area (Å²) in [6, 6.07) is 11.6. The lowest BCUT2D eigenvalue weighted by molar-refractivity contribution is -0.159. The number of halogens is 2. The molecule has 1 aliphatic carbocycles. The highest BCUT2D eigenvalue weighted by Gasteiger charge is 2.52. The van der Waals surface area contributed by atoms with Gasteiger partial charge < -0.3 is 15.0 Å². The van der Waals surface area contributed by atoms with E-state index in [0.29, 0.717) is 41.2 Å². The molecule has 6 nitrogen and oxygen atoms in total. The molecule has 2 N–H and O–H groups in total. The Labute approximate surface area is 182 Å². The van der Waals surface area contributed by atoms with Crippen LogP contribution in [0.2, 0.25) is 0 Å². The summed E-state index contributed by atoms with van der Waals surface area (Å²) in [6.07, 6.45) is -2.43. The number of aromatic amines is 1. The Morgan fingerprint density at radius 2 is 1.91 bits per heavy atom. The zero-order valence-corrected chi connectivity index (χ0v) is 17.6. The maximum atomic E-state index is 13.6. The number of nitrogens with one attached hydrogen (secondary N) is 2. The van der Waals surface area contributed by atoms with Crippen LogP contribution in [-0.4, -0.2) is 22.0 Å². The maximum absolute atomic E-state index is 13.6. The monoisotopic (exact) mass is 437 g/mol. The fourth-order valence-corrected chi connectivity index (χ4v) is 4.25. The van der Waals surface area contributed by atoms with E-state index in [2.05, 4.69) is 20.0 Å². The first-order valence-corrected chi connectivity index (χ1v) is 10.4. The molecule has 32 heavy (non-hydrogen) atoms. The van der Waals surface area contributed by atoms with Crippen molar-refractivity contribution in [2.24, 2.45) is 0 Å². The Hall–Kier alpha value is -3.55. The van der Waals surface area contributed by atoms with Gasteiger partial charge in [0.15, 0.2) is 0 Å². The van der Waals surface area contributed by atoms with Crippen LogP contribution in [0, 0.1) is 13.8 Å². The van der Waals surface area contributed by atoms with E-state index in [1.807, 2.05) is 13.0 Å². The summed E-state index contributed by atoms with van der Waals surface area (Å²) < 4.78 is 31.8. The van der Waals surface area contributed by atoms with Gasteiger partial charge in [-0.05, 0) is 56.0 Å². The minimum atomic E-state index is -3.21. The van der Waals surface area contributed by atoms with E-state index in [1.54, 1.807) is 31.2 Å². The summed E-state index contributed by atoms with van der Waals surface area (Å²) in [6.45, 7) is 3.70. The highest BCUT2D eigenvalue weighted by Crippen LogP contribution is 2.51. The second kappa shape index (κ2) is 6.98. The molecule has 8 heteroatoms. The van der Waals surface area contributed by atoms with Gasteiger partial charge in [0.2, 0.25) is 11.5 Å². The molecular formula is C24H21F2N3O3. The van der Waals surface area contributed by atoms with Crippen molar-refractivity contribution in [1.82, 2.24) is 9.97 Å². The standard InChI is InChI=1S/C24H21F2N3O3/c1-13-3-7-19(28-21(13)17-5-8-20(30)27-14(17)2)29-22(31)23(9-10-23)16-4-6-18-15(11-16)12-24(25,26)32-18/h3-8,11H,9-10,12H2,1-2H3,(H,27,30)(H,28,29,31). The molecule has 164 valence electrons. The number of amides is 1. The van der Waals surface area contributed by atoms with Crippen molar-refractivity contribution in [2.75, 3.05) is 5.32 Å².